The molecule has 1 rings (SSSR count). The molecule has 106 valence electrons. The summed E-state index contributed by atoms with van der Waals surface area (Å²) in [6.45, 7) is 1.51. The highest BCUT2D eigenvalue weighted by molar-refractivity contribution is 7.99. The predicted molar refractivity (Wildman–Crippen MR) is 84.2 cm³/mol. The minimum absolute atomic E-state index is 0.0371. The second-order valence-electron chi connectivity index (χ2n) is 4.35. The van der Waals surface area contributed by atoms with Gasteiger partial charge in [0.1, 0.15) is 0 Å². The standard InChI is InChI=1S/C13H18Cl2N2OS/c1-17(2)7-6-16-13(18)9-19-8-10-11(14)4-3-5-12(10)15/h3-5H,6-9H2,1-2H3,(H,16,18). The zero-order valence-corrected chi connectivity index (χ0v) is 13.4. The number of rotatable bonds is 7. The van der Waals surface area contributed by atoms with Crippen molar-refractivity contribution < 1.29 is 4.79 Å². The summed E-state index contributed by atoms with van der Waals surface area (Å²) in [7, 11) is 3.95. The fraction of sp³-hybridized carbons (Fsp3) is 0.462. The van der Waals surface area contributed by atoms with Crippen LogP contribution in [-0.4, -0.2) is 43.7 Å². The molecule has 0 saturated carbocycles. The summed E-state index contributed by atoms with van der Waals surface area (Å²) in [4.78, 5) is 13.6. The van der Waals surface area contributed by atoms with Crippen molar-refractivity contribution in [1.82, 2.24) is 10.2 Å². The molecule has 1 amide bonds. The molecule has 0 aliphatic rings. The van der Waals surface area contributed by atoms with Crippen molar-refractivity contribution in [1.29, 1.82) is 0 Å². The Bertz CT molecular complexity index is 407. The molecule has 0 spiro atoms. The lowest BCUT2D eigenvalue weighted by molar-refractivity contribution is -0.118. The molecular weight excluding hydrogens is 303 g/mol. The van der Waals surface area contributed by atoms with E-state index in [9.17, 15) is 4.79 Å². The van der Waals surface area contributed by atoms with Gasteiger partial charge in [-0.3, -0.25) is 4.79 Å². The molecule has 0 saturated heterocycles. The molecule has 6 heteroatoms. The Balaban J connectivity index is 2.28. The fourth-order valence-corrected chi connectivity index (χ4v) is 2.98. The Morgan fingerprint density at radius 2 is 1.95 bits per heavy atom. The van der Waals surface area contributed by atoms with Gasteiger partial charge in [-0.2, -0.15) is 0 Å². The molecule has 0 bridgehead atoms. The number of hydrogen-bond acceptors (Lipinski definition) is 3. The van der Waals surface area contributed by atoms with Crippen LogP contribution in [0.3, 0.4) is 0 Å². The van der Waals surface area contributed by atoms with Crippen molar-refractivity contribution in [2.45, 2.75) is 5.75 Å². The first-order valence-electron chi connectivity index (χ1n) is 5.92. The Labute approximate surface area is 128 Å². The fourth-order valence-electron chi connectivity index (χ4n) is 1.39. The van der Waals surface area contributed by atoms with Gasteiger partial charge in [-0.25, -0.2) is 0 Å². The van der Waals surface area contributed by atoms with Gasteiger partial charge < -0.3 is 10.2 Å². The molecule has 3 nitrogen and oxygen atoms in total. The van der Waals surface area contributed by atoms with E-state index >= 15 is 0 Å². The second-order valence-corrected chi connectivity index (χ2v) is 6.15. The minimum Gasteiger partial charge on any atom is -0.354 e. The lowest BCUT2D eigenvalue weighted by atomic mass is 10.2. The van der Waals surface area contributed by atoms with Crippen molar-refractivity contribution in [2.75, 3.05) is 32.9 Å². The molecule has 0 aliphatic carbocycles. The van der Waals surface area contributed by atoms with Crippen LogP contribution in [0.2, 0.25) is 10.0 Å². The van der Waals surface area contributed by atoms with Crippen LogP contribution in [-0.2, 0) is 10.5 Å². The lowest BCUT2D eigenvalue weighted by Gasteiger charge is -2.10. The van der Waals surface area contributed by atoms with Gasteiger partial charge in [-0.15, -0.1) is 11.8 Å². The maximum atomic E-state index is 11.6. The van der Waals surface area contributed by atoms with Crippen molar-refractivity contribution >= 4 is 40.9 Å². The van der Waals surface area contributed by atoms with Crippen LogP contribution in [0.5, 0.6) is 0 Å². The van der Waals surface area contributed by atoms with Crippen LogP contribution in [0.1, 0.15) is 5.56 Å². The molecule has 0 heterocycles. The first-order valence-corrected chi connectivity index (χ1v) is 7.84. The van der Waals surface area contributed by atoms with E-state index in [-0.39, 0.29) is 5.91 Å². The highest BCUT2D eigenvalue weighted by atomic mass is 35.5. The molecular formula is C13H18Cl2N2OS. The number of benzene rings is 1. The summed E-state index contributed by atoms with van der Waals surface area (Å²) in [6, 6.07) is 5.42. The lowest BCUT2D eigenvalue weighted by Crippen LogP contribution is -2.32. The SMILES string of the molecule is CN(C)CCNC(=O)CSCc1c(Cl)cccc1Cl. The first-order chi connectivity index (χ1) is 9.00. The Kier molecular flexibility index (Phi) is 7.61. The van der Waals surface area contributed by atoms with E-state index in [0.29, 0.717) is 28.1 Å². The molecule has 0 aliphatic heterocycles. The average Bonchev–Trinajstić information content (AvgIpc) is 2.32. The van der Waals surface area contributed by atoms with Gasteiger partial charge in [0, 0.05) is 28.9 Å². The summed E-state index contributed by atoms with van der Waals surface area (Å²) in [5.74, 6) is 1.09. The highest BCUT2D eigenvalue weighted by Gasteiger charge is 2.07. The number of amides is 1. The maximum absolute atomic E-state index is 11.6. The zero-order chi connectivity index (χ0) is 14.3. The molecule has 0 fully saturated rings. The highest BCUT2D eigenvalue weighted by Crippen LogP contribution is 2.27. The van der Waals surface area contributed by atoms with Gasteiger partial charge >= 0.3 is 0 Å². The summed E-state index contributed by atoms with van der Waals surface area (Å²) < 4.78 is 0. The average molecular weight is 321 g/mol. The Morgan fingerprint density at radius 3 is 2.53 bits per heavy atom. The number of halogens is 2. The topological polar surface area (TPSA) is 32.3 Å². The minimum atomic E-state index is 0.0371. The van der Waals surface area contributed by atoms with Crippen LogP contribution in [0.15, 0.2) is 18.2 Å². The molecule has 0 aromatic heterocycles. The van der Waals surface area contributed by atoms with E-state index < -0.39 is 0 Å². The van der Waals surface area contributed by atoms with Crippen molar-refractivity contribution in [3.63, 3.8) is 0 Å². The number of carbonyl (C=O) groups excluding carboxylic acids is 1. The summed E-state index contributed by atoms with van der Waals surface area (Å²) in [6.07, 6.45) is 0. The molecule has 1 aromatic carbocycles. The van der Waals surface area contributed by atoms with Crippen LogP contribution in [0.25, 0.3) is 0 Å². The number of carbonyl (C=O) groups is 1. The molecule has 0 unspecified atom stereocenters. The summed E-state index contributed by atoms with van der Waals surface area (Å²) >= 11 is 13.6. The third kappa shape index (κ3) is 6.52. The van der Waals surface area contributed by atoms with E-state index in [1.54, 1.807) is 12.1 Å². The number of hydrogen-bond donors (Lipinski definition) is 1. The summed E-state index contributed by atoms with van der Waals surface area (Å²) in [5, 5.41) is 4.15. The quantitative estimate of drug-likeness (QED) is 0.838. The predicted octanol–water partition coefficient (Wildman–Crippen LogP) is 2.90. The van der Waals surface area contributed by atoms with Crippen molar-refractivity contribution in [3.8, 4) is 0 Å². The van der Waals surface area contributed by atoms with Gasteiger partial charge in [0.05, 0.1) is 5.75 Å². The molecule has 0 radical (unpaired) electrons. The molecule has 19 heavy (non-hydrogen) atoms. The smallest absolute Gasteiger partial charge is 0.230 e. The van der Waals surface area contributed by atoms with E-state index in [0.717, 1.165) is 12.1 Å². The first kappa shape index (κ1) is 16.6. The normalized spacial score (nSPS) is 10.8. The van der Waals surface area contributed by atoms with E-state index in [2.05, 4.69) is 5.32 Å². The Hall–Kier alpha value is -0.420. The Morgan fingerprint density at radius 1 is 1.32 bits per heavy atom. The van der Waals surface area contributed by atoms with Crippen molar-refractivity contribution in [3.05, 3.63) is 33.8 Å². The third-order valence-electron chi connectivity index (χ3n) is 2.42. The maximum Gasteiger partial charge on any atom is 0.230 e. The van der Waals surface area contributed by atoms with Crippen LogP contribution >= 0.6 is 35.0 Å². The number of nitrogens with one attached hydrogen (secondary N) is 1. The van der Waals surface area contributed by atoms with Gasteiger partial charge in [-0.05, 0) is 31.8 Å². The third-order valence-corrected chi connectivity index (χ3v) is 4.09. The second kappa shape index (κ2) is 8.69. The molecule has 1 aromatic rings. The van der Waals surface area contributed by atoms with E-state index in [4.69, 9.17) is 23.2 Å². The monoisotopic (exact) mass is 320 g/mol. The van der Waals surface area contributed by atoms with Crippen LogP contribution in [0, 0.1) is 0 Å². The van der Waals surface area contributed by atoms with Crippen molar-refractivity contribution in [2.24, 2.45) is 0 Å². The van der Waals surface area contributed by atoms with Crippen LogP contribution in [0.4, 0.5) is 0 Å². The van der Waals surface area contributed by atoms with E-state index in [1.807, 2.05) is 25.1 Å². The molecule has 0 atom stereocenters. The van der Waals surface area contributed by atoms with Gasteiger partial charge in [0.15, 0.2) is 0 Å². The number of thioether (sulfide) groups is 1. The van der Waals surface area contributed by atoms with Gasteiger partial charge in [-0.1, -0.05) is 29.3 Å². The number of likely N-dealkylation sites (N-methyl/N-ethyl adjacent to an activating group) is 1. The van der Waals surface area contributed by atoms with Gasteiger partial charge in [0.25, 0.3) is 0 Å². The van der Waals surface area contributed by atoms with E-state index in [1.165, 1.54) is 11.8 Å². The largest absolute Gasteiger partial charge is 0.354 e. The summed E-state index contributed by atoms with van der Waals surface area (Å²) in [5.41, 5.74) is 0.886. The van der Waals surface area contributed by atoms with Gasteiger partial charge in [0.2, 0.25) is 5.91 Å². The molecule has 1 N–H and O–H groups in total. The number of nitrogens with zero attached hydrogens (tertiary/aromatic N) is 1. The van der Waals surface area contributed by atoms with Crippen LogP contribution < -0.4 is 5.32 Å². The zero-order valence-electron chi connectivity index (χ0n) is 11.1.